The molecule has 1 heterocycles. The van der Waals surface area contributed by atoms with E-state index in [9.17, 15) is 4.79 Å². The molecule has 0 aromatic rings. The minimum Gasteiger partial charge on any atom is -0.444 e. The number of nitrogens with one attached hydrogen (secondary N) is 3. The number of amides is 1. The monoisotopic (exact) mass is 469 g/mol. The Morgan fingerprint density at radius 1 is 1.20 bits per heavy atom. The number of carbonyl (C=O) groups excluding carboxylic acids is 1. The van der Waals surface area contributed by atoms with Crippen molar-refractivity contribution in [2.75, 3.05) is 33.2 Å². The predicted octanol–water partition coefficient (Wildman–Crippen LogP) is 2.17. The normalized spacial score (nSPS) is 18.6. The Kier molecular flexibility index (Phi) is 10.1. The van der Waals surface area contributed by atoms with Crippen molar-refractivity contribution in [3.8, 4) is 0 Å². The minimum atomic E-state index is -0.472. The van der Waals surface area contributed by atoms with Gasteiger partial charge in [0.2, 0.25) is 0 Å². The Morgan fingerprint density at radius 2 is 1.84 bits per heavy atom. The quantitative estimate of drug-likeness (QED) is 0.255. The van der Waals surface area contributed by atoms with Gasteiger partial charge in [-0.3, -0.25) is 4.99 Å². The predicted molar refractivity (Wildman–Crippen MR) is 114 cm³/mol. The molecule has 1 fully saturated rings. The van der Waals surface area contributed by atoms with Crippen LogP contribution in [0.2, 0.25) is 0 Å². The van der Waals surface area contributed by atoms with E-state index >= 15 is 0 Å². The second kappa shape index (κ2) is 10.4. The molecule has 1 rings (SSSR count). The Labute approximate surface area is 169 Å². The first-order valence-electron chi connectivity index (χ1n) is 8.70. The first-order valence-corrected chi connectivity index (χ1v) is 8.70. The number of halogens is 1. The number of ether oxygens (including phenoxy) is 1. The van der Waals surface area contributed by atoms with Gasteiger partial charge in [0.25, 0.3) is 0 Å². The van der Waals surface area contributed by atoms with E-state index in [2.05, 4.69) is 46.6 Å². The molecule has 1 aliphatic rings. The molecular weight excluding hydrogens is 433 g/mol. The van der Waals surface area contributed by atoms with Crippen LogP contribution in [0.15, 0.2) is 4.99 Å². The van der Waals surface area contributed by atoms with E-state index in [4.69, 9.17) is 4.74 Å². The minimum absolute atomic E-state index is 0. The number of carbonyl (C=O) groups is 1. The van der Waals surface area contributed by atoms with Crippen molar-refractivity contribution in [3.05, 3.63) is 0 Å². The third-order valence-corrected chi connectivity index (χ3v) is 3.48. The summed E-state index contributed by atoms with van der Waals surface area (Å²) < 4.78 is 5.31. The van der Waals surface area contributed by atoms with E-state index < -0.39 is 5.60 Å². The Balaban J connectivity index is 0.00000576. The maximum absolute atomic E-state index is 11.9. The molecule has 8 heteroatoms. The largest absolute Gasteiger partial charge is 0.444 e. The average molecular weight is 469 g/mol. The third kappa shape index (κ3) is 10.7. The zero-order valence-electron chi connectivity index (χ0n) is 16.7. The maximum Gasteiger partial charge on any atom is 0.407 e. The van der Waals surface area contributed by atoms with E-state index in [1.807, 2.05) is 20.8 Å². The molecule has 0 spiro atoms. The molecule has 148 valence electrons. The molecule has 0 aromatic heterocycles. The lowest BCUT2D eigenvalue weighted by Crippen LogP contribution is -2.47. The molecule has 0 bridgehead atoms. The van der Waals surface area contributed by atoms with Crippen molar-refractivity contribution in [2.24, 2.45) is 4.99 Å². The Morgan fingerprint density at radius 3 is 2.36 bits per heavy atom. The number of likely N-dealkylation sites (tertiary alicyclic amines) is 1. The first-order chi connectivity index (χ1) is 11.0. The van der Waals surface area contributed by atoms with E-state index in [1.54, 1.807) is 7.05 Å². The smallest absolute Gasteiger partial charge is 0.407 e. The number of aliphatic imine (C=N–C) groups is 1. The van der Waals surface area contributed by atoms with Crippen molar-refractivity contribution in [1.29, 1.82) is 0 Å². The number of rotatable bonds is 4. The molecule has 0 aliphatic carbocycles. The number of alkyl carbamates (subject to hydrolysis) is 1. The molecule has 25 heavy (non-hydrogen) atoms. The summed E-state index contributed by atoms with van der Waals surface area (Å²) in [5.41, 5.74) is -0.360. The summed E-state index contributed by atoms with van der Waals surface area (Å²) in [4.78, 5) is 18.4. The van der Waals surface area contributed by atoms with Crippen LogP contribution in [0.1, 0.15) is 48.0 Å². The molecule has 1 aliphatic heterocycles. The highest BCUT2D eigenvalue weighted by Crippen LogP contribution is 2.11. The second-order valence-corrected chi connectivity index (χ2v) is 8.23. The van der Waals surface area contributed by atoms with Gasteiger partial charge in [-0.15, -0.1) is 24.0 Å². The van der Waals surface area contributed by atoms with Crippen LogP contribution in [0.25, 0.3) is 0 Å². The molecule has 1 amide bonds. The highest BCUT2D eigenvalue weighted by molar-refractivity contribution is 14.0. The van der Waals surface area contributed by atoms with Crippen LogP contribution >= 0.6 is 24.0 Å². The van der Waals surface area contributed by atoms with Gasteiger partial charge < -0.3 is 25.6 Å². The van der Waals surface area contributed by atoms with Crippen LogP contribution in [0.5, 0.6) is 0 Å². The van der Waals surface area contributed by atoms with Gasteiger partial charge in [0.1, 0.15) is 5.60 Å². The summed E-state index contributed by atoms with van der Waals surface area (Å²) in [5, 5.41) is 9.74. The third-order valence-electron chi connectivity index (χ3n) is 3.48. The van der Waals surface area contributed by atoms with Gasteiger partial charge in [0, 0.05) is 38.8 Å². The van der Waals surface area contributed by atoms with Crippen LogP contribution in [0.4, 0.5) is 4.79 Å². The van der Waals surface area contributed by atoms with E-state index in [-0.39, 0.29) is 41.7 Å². The highest BCUT2D eigenvalue weighted by atomic mass is 127. The van der Waals surface area contributed by atoms with Crippen molar-refractivity contribution in [3.63, 3.8) is 0 Å². The van der Waals surface area contributed by atoms with Crippen LogP contribution in [-0.4, -0.2) is 67.4 Å². The molecule has 7 nitrogen and oxygen atoms in total. The molecule has 1 saturated heterocycles. The summed E-state index contributed by atoms with van der Waals surface area (Å²) in [5.74, 6) is 0.874. The summed E-state index contributed by atoms with van der Waals surface area (Å²) in [7, 11) is 1.79. The fourth-order valence-electron chi connectivity index (χ4n) is 2.49. The van der Waals surface area contributed by atoms with Gasteiger partial charge in [-0.1, -0.05) is 0 Å². The average Bonchev–Trinajstić information content (AvgIpc) is 2.83. The van der Waals surface area contributed by atoms with Crippen molar-refractivity contribution in [1.82, 2.24) is 20.9 Å². The zero-order chi connectivity index (χ0) is 18.4. The maximum atomic E-state index is 11.9. The van der Waals surface area contributed by atoms with E-state index in [1.165, 1.54) is 0 Å². The van der Waals surface area contributed by atoms with Crippen LogP contribution in [-0.2, 0) is 4.74 Å². The lowest BCUT2D eigenvalue weighted by atomic mass is 10.1. The fourth-order valence-corrected chi connectivity index (χ4v) is 2.49. The van der Waals surface area contributed by atoms with Crippen LogP contribution < -0.4 is 16.0 Å². The standard InChI is InChI=1S/C17H35N5O2.HI/c1-16(2,3)20-10-9-19-14(18-7)22-11-8-13(12-22)21-15(23)24-17(4,5)6;/h13,20H,8-12H2,1-7H3,(H,18,19)(H,21,23);1H. The van der Waals surface area contributed by atoms with E-state index in [0.717, 1.165) is 38.6 Å². The Bertz CT molecular complexity index is 443. The van der Waals surface area contributed by atoms with Gasteiger partial charge >= 0.3 is 6.09 Å². The van der Waals surface area contributed by atoms with E-state index in [0.29, 0.717) is 0 Å². The Hall–Kier alpha value is -0.770. The molecule has 1 atom stereocenters. The lowest BCUT2D eigenvalue weighted by molar-refractivity contribution is 0.0507. The molecular formula is C17H36IN5O2. The van der Waals surface area contributed by atoms with Gasteiger partial charge in [-0.2, -0.15) is 0 Å². The number of guanidine groups is 1. The molecule has 0 saturated carbocycles. The molecule has 0 radical (unpaired) electrons. The fraction of sp³-hybridized carbons (Fsp3) is 0.882. The number of nitrogens with zero attached hydrogens (tertiary/aromatic N) is 2. The van der Waals surface area contributed by atoms with Crippen molar-refractivity contribution >= 4 is 36.0 Å². The summed E-state index contributed by atoms with van der Waals surface area (Å²) in [6, 6.07) is 0.0890. The van der Waals surface area contributed by atoms with Gasteiger partial charge in [0.15, 0.2) is 5.96 Å². The summed E-state index contributed by atoms with van der Waals surface area (Å²) in [6.07, 6.45) is 0.534. The highest BCUT2D eigenvalue weighted by Gasteiger charge is 2.27. The van der Waals surface area contributed by atoms with Crippen molar-refractivity contribution < 1.29 is 9.53 Å². The molecule has 1 unspecified atom stereocenters. The van der Waals surface area contributed by atoms with Gasteiger partial charge in [0.05, 0.1) is 6.04 Å². The second-order valence-electron chi connectivity index (χ2n) is 8.23. The summed E-state index contributed by atoms with van der Waals surface area (Å²) >= 11 is 0. The van der Waals surface area contributed by atoms with Crippen LogP contribution in [0.3, 0.4) is 0 Å². The van der Waals surface area contributed by atoms with Gasteiger partial charge in [-0.05, 0) is 48.0 Å². The van der Waals surface area contributed by atoms with Gasteiger partial charge in [-0.25, -0.2) is 4.79 Å². The molecule has 3 N–H and O–H groups in total. The zero-order valence-corrected chi connectivity index (χ0v) is 19.1. The summed E-state index contributed by atoms with van der Waals surface area (Å²) in [6.45, 7) is 15.3. The van der Waals surface area contributed by atoms with Crippen molar-refractivity contribution in [2.45, 2.75) is 65.1 Å². The molecule has 0 aromatic carbocycles. The first kappa shape index (κ1) is 24.2. The topological polar surface area (TPSA) is 78.0 Å². The SMILES string of the molecule is CN=C(NCCNC(C)(C)C)N1CCC(NC(=O)OC(C)(C)C)C1.I. The number of hydrogen-bond donors (Lipinski definition) is 3. The number of hydrogen-bond acceptors (Lipinski definition) is 4. The lowest BCUT2D eigenvalue weighted by Gasteiger charge is -2.24. The van der Waals surface area contributed by atoms with Crippen LogP contribution in [0, 0.1) is 0 Å².